The molecule has 0 aromatic heterocycles. The first-order valence-corrected chi connectivity index (χ1v) is 16.3. The van der Waals surface area contributed by atoms with E-state index in [1.165, 1.54) is 36.4 Å². The van der Waals surface area contributed by atoms with Gasteiger partial charge in [-0.05, 0) is 63.4 Å². The van der Waals surface area contributed by atoms with Gasteiger partial charge in [-0.3, -0.25) is 14.4 Å². The van der Waals surface area contributed by atoms with Crippen molar-refractivity contribution in [2.45, 2.75) is 50.9 Å². The Kier molecular flexibility index (Phi) is 8.87. The molecule has 8 N–H and O–H groups in total. The summed E-state index contributed by atoms with van der Waals surface area (Å²) in [5.41, 5.74) is -1.88. The number of allylic oxidation sites excluding steroid dienone is 4. The minimum absolute atomic E-state index is 0.180. The smallest absolute Gasteiger partial charge is 0.330 e. The first kappa shape index (κ1) is 35.4. The summed E-state index contributed by atoms with van der Waals surface area (Å²) < 4.78 is 5.62. The largest absolute Gasteiger partial charge is 0.508 e. The van der Waals surface area contributed by atoms with E-state index in [1.54, 1.807) is 32.9 Å². The summed E-state index contributed by atoms with van der Waals surface area (Å²) in [6.45, 7) is 5.19. The van der Waals surface area contributed by atoms with E-state index in [9.17, 15) is 55.2 Å². The van der Waals surface area contributed by atoms with Gasteiger partial charge in [0.15, 0.2) is 17.0 Å². The molecule has 12 heteroatoms. The van der Waals surface area contributed by atoms with Gasteiger partial charge in [-0.1, -0.05) is 35.4 Å². The van der Waals surface area contributed by atoms with Crippen molar-refractivity contribution in [1.29, 1.82) is 0 Å². The zero-order chi connectivity index (χ0) is 37.8. The lowest BCUT2D eigenvalue weighted by Crippen LogP contribution is -2.49. The van der Waals surface area contributed by atoms with Crippen LogP contribution in [0.25, 0.3) is 0 Å². The number of carbonyl (C=O) groups is 3. The van der Waals surface area contributed by atoms with E-state index < -0.39 is 75.0 Å². The summed E-state index contributed by atoms with van der Waals surface area (Å²) in [4.78, 5) is 43.2. The van der Waals surface area contributed by atoms with Gasteiger partial charge in [0.05, 0.1) is 5.56 Å². The van der Waals surface area contributed by atoms with Crippen LogP contribution in [0.4, 0.5) is 0 Å². The molecule has 0 bridgehead atoms. The molecule has 268 valence electrons. The van der Waals surface area contributed by atoms with Crippen molar-refractivity contribution in [3.05, 3.63) is 112 Å². The van der Waals surface area contributed by atoms with E-state index >= 15 is 0 Å². The molecular formula is C40H36O12. The van der Waals surface area contributed by atoms with Crippen LogP contribution in [-0.4, -0.2) is 58.4 Å². The molecule has 0 fully saturated rings. The molecule has 0 saturated heterocycles. The minimum atomic E-state index is -2.25. The number of hydrogen-bond acceptors (Lipinski definition) is 12. The van der Waals surface area contributed by atoms with Crippen LogP contribution in [0.2, 0.25) is 0 Å². The van der Waals surface area contributed by atoms with Gasteiger partial charge in [0.2, 0.25) is 0 Å². The third-order valence-corrected chi connectivity index (χ3v) is 9.83. The zero-order valence-corrected chi connectivity index (χ0v) is 28.3. The van der Waals surface area contributed by atoms with Gasteiger partial charge in [-0.25, -0.2) is 0 Å². The number of phenolic OH excluding ortho intramolecular Hbond substituents is 8. The molecule has 0 amide bonds. The summed E-state index contributed by atoms with van der Waals surface area (Å²) in [5, 5.41) is 86.2. The molecule has 0 saturated carbocycles. The van der Waals surface area contributed by atoms with Crippen LogP contribution in [0.1, 0.15) is 82.9 Å². The highest BCUT2D eigenvalue weighted by Crippen LogP contribution is 2.56. The highest BCUT2D eigenvalue weighted by molar-refractivity contribution is 6.23. The number of fused-ring (bicyclic) bond motifs is 1. The fourth-order valence-electron chi connectivity index (χ4n) is 7.39. The highest BCUT2D eigenvalue weighted by Gasteiger charge is 2.56. The Morgan fingerprint density at radius 2 is 1.42 bits per heavy atom. The van der Waals surface area contributed by atoms with Crippen molar-refractivity contribution in [1.82, 2.24) is 0 Å². The normalized spacial score (nSPS) is 21.1. The maximum Gasteiger partial charge on any atom is 0.330 e. The predicted molar refractivity (Wildman–Crippen MR) is 186 cm³/mol. The van der Waals surface area contributed by atoms with Gasteiger partial charge < -0.3 is 45.6 Å². The van der Waals surface area contributed by atoms with Crippen LogP contribution in [0.15, 0.2) is 84.0 Å². The summed E-state index contributed by atoms with van der Waals surface area (Å²) in [5.74, 6) is -10.5. The number of esters is 1. The number of aromatic hydroxyl groups is 8. The number of ketones is 2. The SMILES string of the molecule is CC(C)=CCC1(c2ccc(O)cc2O)C(=O)Oc2cc(O)c(C3C=C(C)CC(c4ccc(O)cc4O)C3C(=O)c3ccc(O)cc3O)c(O)c2C1=O. The fraction of sp³-hybridized carbons (Fsp3) is 0.225. The van der Waals surface area contributed by atoms with Crippen molar-refractivity contribution < 1.29 is 60.0 Å². The van der Waals surface area contributed by atoms with Gasteiger partial charge >= 0.3 is 5.97 Å². The van der Waals surface area contributed by atoms with Gasteiger partial charge in [-0.2, -0.15) is 0 Å². The molecule has 0 spiro atoms. The molecule has 1 aliphatic heterocycles. The molecule has 2 aliphatic rings. The topological polar surface area (TPSA) is 222 Å². The third kappa shape index (κ3) is 5.81. The molecule has 52 heavy (non-hydrogen) atoms. The van der Waals surface area contributed by atoms with E-state index in [1.807, 2.05) is 0 Å². The Morgan fingerprint density at radius 3 is 2.04 bits per heavy atom. The Morgan fingerprint density at radius 1 is 0.808 bits per heavy atom. The quantitative estimate of drug-likeness (QED) is 0.0341. The second-order valence-electron chi connectivity index (χ2n) is 13.5. The first-order valence-electron chi connectivity index (χ1n) is 16.3. The predicted octanol–water partition coefficient (Wildman–Crippen LogP) is 6.44. The maximum atomic E-state index is 14.8. The van der Waals surface area contributed by atoms with E-state index in [4.69, 9.17) is 4.74 Å². The lowest BCUT2D eigenvalue weighted by molar-refractivity contribution is -0.139. The Bertz CT molecular complexity index is 2230. The number of carbonyl (C=O) groups excluding carboxylic acids is 3. The average molecular weight is 709 g/mol. The number of rotatable bonds is 7. The van der Waals surface area contributed by atoms with E-state index in [0.29, 0.717) is 11.1 Å². The fourth-order valence-corrected chi connectivity index (χ4v) is 7.39. The number of Topliss-reactive ketones (excluding diaryl/α,β-unsaturated/α-hetero) is 2. The van der Waals surface area contributed by atoms with Crippen LogP contribution >= 0.6 is 0 Å². The zero-order valence-electron chi connectivity index (χ0n) is 28.3. The number of benzene rings is 4. The number of ether oxygens (including phenoxy) is 1. The van der Waals surface area contributed by atoms with Crippen molar-refractivity contribution >= 4 is 17.5 Å². The summed E-state index contributed by atoms with van der Waals surface area (Å²) in [6, 6.07) is 11.6. The van der Waals surface area contributed by atoms with Crippen molar-refractivity contribution in [2.75, 3.05) is 0 Å². The van der Waals surface area contributed by atoms with E-state index in [0.717, 1.165) is 24.3 Å². The maximum absolute atomic E-state index is 14.8. The second-order valence-corrected chi connectivity index (χ2v) is 13.5. The molecule has 12 nitrogen and oxygen atoms in total. The van der Waals surface area contributed by atoms with Crippen LogP contribution in [0.3, 0.4) is 0 Å². The first-order chi connectivity index (χ1) is 24.5. The number of hydrogen-bond donors (Lipinski definition) is 8. The van der Waals surface area contributed by atoms with Gasteiger partial charge in [0.25, 0.3) is 0 Å². The second kappa shape index (κ2) is 13.0. The van der Waals surface area contributed by atoms with E-state index in [2.05, 4.69) is 0 Å². The Hall–Kier alpha value is -6.43. The molecular weight excluding hydrogens is 672 g/mol. The van der Waals surface area contributed by atoms with Crippen LogP contribution in [-0.2, 0) is 10.2 Å². The highest BCUT2D eigenvalue weighted by atomic mass is 16.5. The molecule has 1 aliphatic carbocycles. The lowest BCUT2D eigenvalue weighted by atomic mass is 9.64. The summed E-state index contributed by atoms with van der Waals surface area (Å²) >= 11 is 0. The molecule has 4 aromatic rings. The molecule has 4 atom stereocenters. The molecule has 4 aromatic carbocycles. The van der Waals surface area contributed by atoms with Crippen molar-refractivity contribution in [2.24, 2.45) is 5.92 Å². The number of phenols is 8. The summed E-state index contributed by atoms with van der Waals surface area (Å²) in [6.07, 6.45) is 3.05. The summed E-state index contributed by atoms with van der Waals surface area (Å²) in [7, 11) is 0. The standard InChI is InChI=1S/C40H36O12/c1-18(2)10-11-40(27-9-6-22(43)16-30(27)46)38(50)35-32(52-39(40)51)17-31(47)34(37(35)49)26-13-19(3)12-25(23-7-4-20(41)14-28(23)44)33(26)36(48)24-8-5-21(42)15-29(24)45/h4-10,13-17,25-26,33,41-47,49H,11-12H2,1-3H3. The Labute approximate surface area is 297 Å². The molecule has 6 rings (SSSR count). The van der Waals surface area contributed by atoms with Gasteiger partial charge in [0, 0.05) is 53.1 Å². The lowest BCUT2D eigenvalue weighted by Gasteiger charge is -2.39. The average Bonchev–Trinajstić information content (AvgIpc) is 3.04. The van der Waals surface area contributed by atoms with Crippen molar-refractivity contribution in [3.8, 4) is 51.7 Å². The third-order valence-electron chi connectivity index (χ3n) is 9.83. The van der Waals surface area contributed by atoms with Crippen molar-refractivity contribution in [3.63, 3.8) is 0 Å². The van der Waals surface area contributed by atoms with Gasteiger partial charge in [0.1, 0.15) is 57.3 Å². The molecule has 1 heterocycles. The Balaban J connectivity index is 1.60. The van der Waals surface area contributed by atoms with Crippen LogP contribution in [0.5, 0.6) is 51.7 Å². The van der Waals surface area contributed by atoms with Crippen LogP contribution < -0.4 is 4.74 Å². The molecule has 4 unspecified atom stereocenters. The molecule has 0 radical (unpaired) electrons. The minimum Gasteiger partial charge on any atom is -0.508 e. The van der Waals surface area contributed by atoms with Gasteiger partial charge in [-0.15, -0.1) is 0 Å². The van der Waals surface area contributed by atoms with Crippen LogP contribution in [0, 0.1) is 5.92 Å². The van der Waals surface area contributed by atoms with E-state index in [-0.39, 0.29) is 58.1 Å². The monoisotopic (exact) mass is 708 g/mol.